The topological polar surface area (TPSA) is 74.2 Å². The van der Waals surface area contributed by atoms with Gasteiger partial charge in [0.1, 0.15) is 0 Å². The molecule has 1 aliphatic heterocycles. The van der Waals surface area contributed by atoms with Crippen molar-refractivity contribution in [3.05, 3.63) is 65.5 Å². The summed E-state index contributed by atoms with van der Waals surface area (Å²) < 4.78 is 0. The highest BCUT2D eigenvalue weighted by molar-refractivity contribution is 5.93. The van der Waals surface area contributed by atoms with Gasteiger partial charge in [-0.1, -0.05) is 24.3 Å². The number of carbonyl (C=O) groups is 1. The average Bonchev–Trinajstić information content (AvgIpc) is 2.59. The number of nitrogens with zero attached hydrogens (tertiary/aromatic N) is 1. The van der Waals surface area contributed by atoms with Crippen molar-refractivity contribution in [2.45, 2.75) is 25.1 Å². The summed E-state index contributed by atoms with van der Waals surface area (Å²) in [6.07, 6.45) is 3.29. The number of benzene rings is 1. The molecule has 0 bridgehead atoms. The van der Waals surface area contributed by atoms with Crippen molar-refractivity contribution >= 4 is 5.91 Å². The Bertz CT molecular complexity index is 645. The molecule has 3 N–H and O–H groups in total. The maximum absolute atomic E-state index is 12.0. The number of aromatic nitrogens is 1. The Hall–Kier alpha value is -2.24. The molecule has 3 rings (SSSR count). The Labute approximate surface area is 129 Å². The molecule has 1 aromatic heterocycles. The molecule has 0 spiro atoms. The fourth-order valence-electron chi connectivity index (χ4n) is 2.70. The highest BCUT2D eigenvalue weighted by atomic mass is 16.3. The van der Waals surface area contributed by atoms with Gasteiger partial charge in [-0.15, -0.1) is 0 Å². The van der Waals surface area contributed by atoms with Crippen LogP contribution in [0.5, 0.6) is 0 Å². The van der Waals surface area contributed by atoms with E-state index in [0.717, 1.165) is 13.0 Å². The third kappa shape index (κ3) is 3.32. The first kappa shape index (κ1) is 14.7. The van der Waals surface area contributed by atoms with Crippen LogP contribution in [0.25, 0.3) is 0 Å². The lowest BCUT2D eigenvalue weighted by Gasteiger charge is -2.30. The normalized spacial score (nSPS) is 18.3. The highest BCUT2D eigenvalue weighted by Crippen LogP contribution is 2.17. The summed E-state index contributed by atoms with van der Waals surface area (Å²) in [5, 5.41) is 16.4. The van der Waals surface area contributed by atoms with Crippen LogP contribution in [0.4, 0.5) is 0 Å². The van der Waals surface area contributed by atoms with Crippen molar-refractivity contribution in [1.82, 2.24) is 15.6 Å². The monoisotopic (exact) mass is 297 g/mol. The molecule has 0 radical (unpaired) electrons. The van der Waals surface area contributed by atoms with Gasteiger partial charge >= 0.3 is 0 Å². The predicted octanol–water partition coefficient (Wildman–Crippen LogP) is 0.887. The molecule has 2 atom stereocenters. The fraction of sp³-hybridized carbons (Fsp3) is 0.294. The summed E-state index contributed by atoms with van der Waals surface area (Å²) in [7, 11) is 0. The second-order valence-corrected chi connectivity index (χ2v) is 5.47. The number of aliphatic hydroxyl groups is 1. The molecule has 0 saturated heterocycles. The third-order valence-corrected chi connectivity index (χ3v) is 3.99. The zero-order chi connectivity index (χ0) is 15.4. The first-order chi connectivity index (χ1) is 10.7. The number of aliphatic hydroxyl groups excluding tert-OH is 1. The highest BCUT2D eigenvalue weighted by Gasteiger charge is 2.24. The molecule has 0 saturated carbocycles. The van der Waals surface area contributed by atoms with E-state index < -0.39 is 6.10 Å². The van der Waals surface area contributed by atoms with E-state index in [2.05, 4.69) is 27.8 Å². The van der Waals surface area contributed by atoms with Crippen molar-refractivity contribution in [3.8, 4) is 0 Å². The van der Waals surface area contributed by atoms with Crippen LogP contribution in [0, 0.1) is 0 Å². The van der Waals surface area contributed by atoms with Crippen LogP contribution in [0.3, 0.4) is 0 Å². The van der Waals surface area contributed by atoms with E-state index in [9.17, 15) is 9.90 Å². The molecule has 114 valence electrons. The average molecular weight is 297 g/mol. The maximum Gasteiger partial charge on any atom is 0.251 e. The van der Waals surface area contributed by atoms with Gasteiger partial charge in [-0.25, -0.2) is 0 Å². The predicted molar refractivity (Wildman–Crippen MR) is 83.4 cm³/mol. The van der Waals surface area contributed by atoms with E-state index in [1.165, 1.54) is 11.1 Å². The van der Waals surface area contributed by atoms with Crippen LogP contribution in [-0.2, 0) is 13.0 Å². The largest absolute Gasteiger partial charge is 0.390 e. The molecule has 0 fully saturated rings. The smallest absolute Gasteiger partial charge is 0.251 e. The van der Waals surface area contributed by atoms with E-state index in [1.54, 1.807) is 24.5 Å². The minimum absolute atomic E-state index is 0.0485. The number of pyridine rings is 1. The molecule has 5 heteroatoms. The van der Waals surface area contributed by atoms with Gasteiger partial charge in [-0.2, -0.15) is 0 Å². The van der Waals surface area contributed by atoms with Gasteiger partial charge in [0.05, 0.1) is 6.10 Å². The number of carbonyl (C=O) groups excluding carboxylic acids is 1. The molecule has 2 aromatic rings. The van der Waals surface area contributed by atoms with Crippen LogP contribution in [-0.4, -0.2) is 34.7 Å². The Balaban J connectivity index is 1.55. The van der Waals surface area contributed by atoms with Gasteiger partial charge in [0, 0.05) is 37.1 Å². The van der Waals surface area contributed by atoms with Gasteiger partial charge in [0.2, 0.25) is 0 Å². The van der Waals surface area contributed by atoms with Gasteiger partial charge < -0.3 is 15.7 Å². The Morgan fingerprint density at radius 1 is 1.27 bits per heavy atom. The van der Waals surface area contributed by atoms with E-state index in [0.29, 0.717) is 5.56 Å². The van der Waals surface area contributed by atoms with Crippen molar-refractivity contribution < 1.29 is 9.90 Å². The molecule has 0 unspecified atom stereocenters. The van der Waals surface area contributed by atoms with Crippen LogP contribution in [0.1, 0.15) is 21.5 Å². The maximum atomic E-state index is 12.0. The van der Waals surface area contributed by atoms with Crippen molar-refractivity contribution in [3.63, 3.8) is 0 Å². The summed E-state index contributed by atoms with van der Waals surface area (Å²) >= 11 is 0. The number of fused-ring (bicyclic) bond motifs is 1. The van der Waals surface area contributed by atoms with E-state index in [4.69, 9.17) is 0 Å². The summed E-state index contributed by atoms with van der Waals surface area (Å²) in [6.45, 7) is 0.969. The fourth-order valence-corrected chi connectivity index (χ4v) is 2.70. The number of hydrogen-bond acceptors (Lipinski definition) is 4. The molecule has 2 heterocycles. The quantitative estimate of drug-likeness (QED) is 0.783. The minimum Gasteiger partial charge on any atom is -0.390 e. The third-order valence-electron chi connectivity index (χ3n) is 3.99. The van der Waals surface area contributed by atoms with E-state index in [1.807, 2.05) is 12.1 Å². The second-order valence-electron chi connectivity index (χ2n) is 5.47. The molecule has 1 aromatic carbocycles. The summed E-state index contributed by atoms with van der Waals surface area (Å²) in [6, 6.07) is 11.5. The number of hydrogen-bond donors (Lipinski definition) is 3. The number of nitrogens with one attached hydrogen (secondary N) is 2. The number of rotatable bonds is 4. The van der Waals surface area contributed by atoms with Gasteiger partial charge in [-0.05, 0) is 29.7 Å². The van der Waals surface area contributed by atoms with E-state index in [-0.39, 0.29) is 18.5 Å². The number of amides is 1. The molecular weight excluding hydrogens is 278 g/mol. The molecule has 0 aliphatic carbocycles. The van der Waals surface area contributed by atoms with E-state index >= 15 is 0 Å². The lowest BCUT2D eigenvalue weighted by molar-refractivity contribution is 0.0870. The van der Waals surface area contributed by atoms with Crippen molar-refractivity contribution in [2.24, 2.45) is 0 Å². The lowest BCUT2D eigenvalue weighted by atomic mass is 9.93. The van der Waals surface area contributed by atoms with Crippen molar-refractivity contribution in [1.29, 1.82) is 0 Å². The van der Waals surface area contributed by atoms with Gasteiger partial charge in [0.25, 0.3) is 5.91 Å². The lowest BCUT2D eigenvalue weighted by Crippen LogP contribution is -2.49. The summed E-state index contributed by atoms with van der Waals surface area (Å²) in [5.74, 6) is -0.197. The summed E-state index contributed by atoms with van der Waals surface area (Å²) in [4.78, 5) is 15.8. The molecule has 22 heavy (non-hydrogen) atoms. The Kier molecular flexibility index (Phi) is 4.46. The van der Waals surface area contributed by atoms with Gasteiger partial charge in [-0.3, -0.25) is 9.78 Å². The van der Waals surface area contributed by atoms with Crippen LogP contribution >= 0.6 is 0 Å². The zero-order valence-electron chi connectivity index (χ0n) is 12.2. The minimum atomic E-state index is -0.626. The standard InChI is InChI=1S/C17H19N3O2/c21-16(11-20-17(22)12-5-7-18-8-6-12)15-9-13-3-1-2-4-14(13)10-19-15/h1-8,15-16,19,21H,9-11H2,(H,20,22)/t15-,16+/m0/s1. The molecule has 1 amide bonds. The second kappa shape index (κ2) is 6.68. The van der Waals surface area contributed by atoms with Crippen LogP contribution in [0.2, 0.25) is 0 Å². The molecular formula is C17H19N3O2. The summed E-state index contributed by atoms with van der Waals surface area (Å²) in [5.41, 5.74) is 3.07. The first-order valence-electron chi connectivity index (χ1n) is 7.40. The zero-order valence-corrected chi connectivity index (χ0v) is 12.2. The van der Waals surface area contributed by atoms with Crippen LogP contribution in [0.15, 0.2) is 48.8 Å². The SMILES string of the molecule is O=C(NC[C@@H](O)[C@@H]1Cc2ccccc2CN1)c1ccncc1. The molecule has 5 nitrogen and oxygen atoms in total. The molecule has 1 aliphatic rings. The van der Waals surface area contributed by atoms with Crippen molar-refractivity contribution in [2.75, 3.05) is 6.54 Å². The first-order valence-corrected chi connectivity index (χ1v) is 7.40. The van der Waals surface area contributed by atoms with Gasteiger partial charge in [0.15, 0.2) is 0 Å². The Morgan fingerprint density at radius 3 is 2.77 bits per heavy atom. The Morgan fingerprint density at radius 2 is 2.00 bits per heavy atom. The van der Waals surface area contributed by atoms with Crippen LogP contribution < -0.4 is 10.6 Å².